The van der Waals surface area contributed by atoms with E-state index in [2.05, 4.69) is 27.6 Å². The molecule has 2 heterocycles. The number of imidazole rings is 1. The van der Waals surface area contributed by atoms with Crippen LogP contribution in [0.3, 0.4) is 0 Å². The summed E-state index contributed by atoms with van der Waals surface area (Å²) in [4.78, 5) is 22.4. The van der Waals surface area contributed by atoms with Crippen LogP contribution in [-0.4, -0.2) is 24.4 Å². The lowest BCUT2D eigenvalue weighted by Gasteiger charge is -2.08. The Morgan fingerprint density at radius 2 is 2.20 bits per heavy atom. The average molecular weight is 290 g/mol. The van der Waals surface area contributed by atoms with Gasteiger partial charge in [-0.15, -0.1) is 0 Å². The highest BCUT2D eigenvalue weighted by Crippen LogP contribution is 2.28. The third kappa shape index (κ3) is 2.46. The fraction of sp³-hybridized carbons (Fsp3) is 0.273. The van der Waals surface area contributed by atoms with Gasteiger partial charge in [-0.2, -0.15) is 17.9 Å². The summed E-state index contributed by atoms with van der Waals surface area (Å²) in [6.45, 7) is 2.18. The number of rotatable bonds is 4. The average Bonchev–Trinajstić information content (AvgIpc) is 2.90. The van der Waals surface area contributed by atoms with Crippen LogP contribution in [0, 0.1) is 21.4 Å². The Hall–Kier alpha value is -2.47. The molecule has 0 fully saturated rings. The largest absolute Gasteiger partial charge is 0.358 e. The van der Waals surface area contributed by atoms with Gasteiger partial charge in [0.05, 0.1) is 24.6 Å². The van der Waals surface area contributed by atoms with Crippen molar-refractivity contribution in [3.63, 3.8) is 0 Å². The second-order valence-corrected chi connectivity index (χ2v) is 4.33. The maximum Gasteiger partial charge on any atom is 0.342 e. The zero-order valence-corrected chi connectivity index (χ0v) is 11.4. The van der Waals surface area contributed by atoms with Gasteiger partial charge in [-0.1, -0.05) is 0 Å². The summed E-state index contributed by atoms with van der Waals surface area (Å²) in [6, 6.07) is 1.87. The van der Waals surface area contributed by atoms with Crippen molar-refractivity contribution in [2.75, 3.05) is 0 Å². The van der Waals surface area contributed by atoms with E-state index in [1.165, 1.54) is 23.2 Å². The predicted octanol–water partition coefficient (Wildman–Crippen LogP) is 1.49. The van der Waals surface area contributed by atoms with Gasteiger partial charge in [0.15, 0.2) is 5.69 Å². The van der Waals surface area contributed by atoms with E-state index in [9.17, 15) is 10.1 Å². The normalized spacial score (nSPS) is 11.8. The Morgan fingerprint density at radius 1 is 1.45 bits per heavy atom. The van der Waals surface area contributed by atoms with Gasteiger partial charge in [0.2, 0.25) is 5.82 Å². The molecule has 0 aliphatic rings. The third-order valence-corrected chi connectivity index (χ3v) is 3.18. The van der Waals surface area contributed by atoms with E-state index in [0.717, 1.165) is 0 Å². The molecule has 2 aromatic heterocycles. The van der Waals surface area contributed by atoms with Crippen LogP contribution >= 0.6 is 12.6 Å². The second kappa shape index (κ2) is 5.66. The van der Waals surface area contributed by atoms with E-state index in [4.69, 9.17) is 5.26 Å². The van der Waals surface area contributed by atoms with E-state index >= 15 is 0 Å². The molecule has 102 valence electrons. The van der Waals surface area contributed by atoms with Gasteiger partial charge >= 0.3 is 5.82 Å². The summed E-state index contributed by atoms with van der Waals surface area (Å²) < 4.78 is 1.46. The highest BCUT2D eigenvalue weighted by molar-refractivity contribution is 7.80. The van der Waals surface area contributed by atoms with E-state index in [1.54, 1.807) is 6.92 Å². The zero-order chi connectivity index (χ0) is 14.7. The van der Waals surface area contributed by atoms with Crippen molar-refractivity contribution in [2.45, 2.75) is 18.7 Å². The van der Waals surface area contributed by atoms with Crippen molar-refractivity contribution in [3.8, 4) is 6.07 Å². The summed E-state index contributed by atoms with van der Waals surface area (Å²) in [7, 11) is 0. The van der Waals surface area contributed by atoms with Gasteiger partial charge in [-0.3, -0.25) is 4.98 Å². The van der Waals surface area contributed by atoms with E-state index in [0.29, 0.717) is 18.1 Å². The van der Waals surface area contributed by atoms with Crippen molar-refractivity contribution in [1.29, 1.82) is 5.26 Å². The van der Waals surface area contributed by atoms with E-state index < -0.39 is 10.2 Å². The number of nitriles is 1. The Balaban J connectivity index is 2.40. The number of nitrogens with zero attached hydrogens (tertiary/aromatic N) is 6. The van der Waals surface area contributed by atoms with Gasteiger partial charge < -0.3 is 10.1 Å². The second-order valence-electron chi connectivity index (χ2n) is 3.82. The number of thiol groups is 1. The van der Waals surface area contributed by atoms with E-state index in [1.807, 2.05) is 6.07 Å². The Kier molecular flexibility index (Phi) is 3.95. The minimum atomic E-state index is -0.552. The van der Waals surface area contributed by atoms with Crippen LogP contribution in [0.5, 0.6) is 0 Å². The van der Waals surface area contributed by atoms with E-state index in [-0.39, 0.29) is 11.5 Å². The lowest BCUT2D eigenvalue weighted by molar-refractivity contribution is -0.392. The predicted molar refractivity (Wildman–Crippen MR) is 72.1 cm³/mol. The van der Waals surface area contributed by atoms with Gasteiger partial charge in [0, 0.05) is 0 Å². The summed E-state index contributed by atoms with van der Waals surface area (Å²) >= 11 is 4.39. The lowest BCUT2D eigenvalue weighted by atomic mass is 10.3. The van der Waals surface area contributed by atoms with Crippen LogP contribution in [0.2, 0.25) is 0 Å². The first-order valence-electron chi connectivity index (χ1n) is 5.68. The van der Waals surface area contributed by atoms with Crippen LogP contribution in [0.1, 0.15) is 29.4 Å². The Morgan fingerprint density at radius 3 is 2.70 bits per heavy atom. The van der Waals surface area contributed by atoms with Crippen molar-refractivity contribution < 1.29 is 4.92 Å². The highest BCUT2D eigenvalue weighted by Gasteiger charge is 2.26. The fourth-order valence-corrected chi connectivity index (χ4v) is 2.08. The zero-order valence-electron chi connectivity index (χ0n) is 10.5. The molecule has 2 rings (SSSR count). The number of hydrogen-bond donors (Lipinski definition) is 1. The monoisotopic (exact) mass is 290 g/mol. The molecule has 1 unspecified atom stereocenters. The molecule has 0 radical (unpaired) electrons. The first kappa shape index (κ1) is 14.0. The van der Waals surface area contributed by atoms with Crippen LogP contribution < -0.4 is 0 Å². The number of aromatic nitrogens is 4. The molecule has 20 heavy (non-hydrogen) atoms. The smallest absolute Gasteiger partial charge is 0.342 e. The van der Waals surface area contributed by atoms with Crippen molar-refractivity contribution in [1.82, 2.24) is 19.5 Å². The number of hydrogen-bond acceptors (Lipinski definition) is 7. The van der Waals surface area contributed by atoms with Crippen LogP contribution in [0.25, 0.3) is 0 Å². The molecular weight excluding hydrogens is 280 g/mol. The Bertz CT molecular complexity index is 675. The van der Waals surface area contributed by atoms with Gasteiger partial charge in [0.25, 0.3) is 0 Å². The lowest BCUT2D eigenvalue weighted by Crippen LogP contribution is -2.09. The fourth-order valence-electron chi connectivity index (χ4n) is 1.74. The molecule has 8 nitrogen and oxygen atoms in total. The third-order valence-electron chi connectivity index (χ3n) is 2.68. The van der Waals surface area contributed by atoms with Gasteiger partial charge in [-0.05, 0) is 11.8 Å². The maximum absolute atomic E-state index is 10.9. The Labute approximate surface area is 119 Å². The molecule has 1 atom stereocenters. The molecule has 0 saturated carbocycles. The molecule has 0 amide bonds. The molecule has 0 aliphatic carbocycles. The first-order chi connectivity index (χ1) is 9.58. The molecule has 0 spiro atoms. The SMILES string of the molecule is CCn1c([N+](=O)[O-])cnc1C(S)c1cnc(C#N)cn1. The quantitative estimate of drug-likeness (QED) is 0.519. The van der Waals surface area contributed by atoms with Crippen LogP contribution in [0.4, 0.5) is 5.82 Å². The summed E-state index contributed by atoms with van der Waals surface area (Å²) in [6.07, 6.45) is 3.93. The van der Waals surface area contributed by atoms with Crippen molar-refractivity contribution in [3.05, 3.63) is 45.9 Å². The minimum absolute atomic E-state index is 0.0943. The van der Waals surface area contributed by atoms with Crippen molar-refractivity contribution >= 4 is 18.4 Å². The minimum Gasteiger partial charge on any atom is -0.358 e. The highest BCUT2D eigenvalue weighted by atomic mass is 32.1. The summed E-state index contributed by atoms with van der Waals surface area (Å²) in [5.74, 6) is 0.324. The van der Waals surface area contributed by atoms with Crippen LogP contribution in [0.15, 0.2) is 18.6 Å². The maximum atomic E-state index is 10.9. The molecule has 9 heteroatoms. The summed E-state index contributed by atoms with van der Waals surface area (Å²) in [5.41, 5.74) is 0.668. The van der Waals surface area contributed by atoms with Gasteiger partial charge in [0.1, 0.15) is 17.5 Å². The molecular formula is C11H10N6O2S. The number of nitro groups is 1. The summed E-state index contributed by atoms with van der Waals surface area (Å²) in [5, 5.41) is 19.0. The molecule has 0 N–H and O–H groups in total. The van der Waals surface area contributed by atoms with Crippen LogP contribution in [-0.2, 0) is 6.54 Å². The molecule has 0 bridgehead atoms. The molecule has 0 aliphatic heterocycles. The van der Waals surface area contributed by atoms with Gasteiger partial charge in [-0.25, -0.2) is 14.5 Å². The standard InChI is InChI=1S/C11H10N6O2S/c1-2-16-9(17(18)19)6-15-11(16)10(20)8-5-13-7(3-12)4-14-8/h4-6,10,20H,2H2,1H3. The van der Waals surface area contributed by atoms with Crippen molar-refractivity contribution in [2.24, 2.45) is 0 Å². The molecule has 0 saturated heterocycles. The topological polar surface area (TPSA) is 111 Å². The molecule has 2 aromatic rings. The molecule has 0 aromatic carbocycles. The first-order valence-corrected chi connectivity index (χ1v) is 6.20.